The van der Waals surface area contributed by atoms with Crippen molar-refractivity contribution in [3.8, 4) is 0 Å². The van der Waals surface area contributed by atoms with E-state index >= 15 is 0 Å². The molecule has 0 unspecified atom stereocenters. The van der Waals surface area contributed by atoms with Crippen LogP contribution in [0.5, 0.6) is 0 Å². The monoisotopic (exact) mass is 1180 g/mol. The largest absolute Gasteiger partial charge is 3.00 e. The average molecular weight is 1180 g/mol. The predicted octanol–water partition coefficient (Wildman–Crippen LogP) is -5.96. The summed E-state index contributed by atoms with van der Waals surface area (Å²) in [6.45, 7) is 3.98. The maximum Gasteiger partial charge on any atom is 3.00 e. The molecule has 4 rings (SSSR count). The van der Waals surface area contributed by atoms with Crippen LogP contribution in [0.25, 0.3) is 0 Å². The molecule has 0 aliphatic carbocycles. The number of nitrogens with zero attached hydrogens (tertiary/aromatic N) is 4. The van der Waals surface area contributed by atoms with Gasteiger partial charge in [-0.25, -0.2) is 0 Å². The van der Waals surface area contributed by atoms with Gasteiger partial charge >= 0.3 is 50.3 Å². The Morgan fingerprint density at radius 2 is 0.550 bits per heavy atom. The summed E-state index contributed by atoms with van der Waals surface area (Å²) in [6, 6.07) is 21.2. The molecule has 0 atom stereocenters. The Labute approximate surface area is 418 Å². The minimum absolute atomic E-state index is 0. The summed E-state index contributed by atoms with van der Waals surface area (Å²) < 4.78 is 0. The Balaban J connectivity index is -0.0000000500. The molecular formula is C35H44Cl2Co3N4O15Tm-. The van der Waals surface area contributed by atoms with Gasteiger partial charge in [-0.2, -0.15) is 0 Å². The number of aliphatic carboxylic acids is 5. The third-order valence-electron chi connectivity index (χ3n) is 3.50. The molecule has 349 valence electrons. The minimum Gasteiger partial charge on any atom is -0.850 e. The fourth-order valence-electron chi connectivity index (χ4n) is 1.93. The van der Waals surface area contributed by atoms with Crippen LogP contribution in [-0.4, -0.2) is 55.1 Å². The maximum atomic E-state index is 10.1. The van der Waals surface area contributed by atoms with E-state index in [1.54, 1.807) is 97.6 Å². The summed E-state index contributed by atoms with van der Waals surface area (Å²) in [4.78, 5) is 59.6. The van der Waals surface area contributed by atoms with Crippen LogP contribution in [0.2, 0.25) is 0 Å². The first-order valence-electron chi connectivity index (χ1n) is 14.7. The molecule has 0 fully saturated rings. The van der Waals surface area contributed by atoms with E-state index < -0.39 is 29.8 Å². The van der Waals surface area contributed by atoms with Crippen LogP contribution in [0.15, 0.2) is 97.6 Å². The minimum atomic E-state index is -1.08. The van der Waals surface area contributed by atoms with Crippen LogP contribution in [-0.2, 0) is 106 Å². The van der Waals surface area contributed by atoms with E-state index in [1.807, 2.05) is 0 Å². The third kappa shape index (κ3) is 117. The van der Waals surface area contributed by atoms with Gasteiger partial charge in [0, 0.05) is 114 Å². The Hall–Kier alpha value is -2.92. The number of carboxylic acid groups (broad SMARTS) is 5. The number of alkyl halides is 2. The number of carbonyl (C=O) groups excluding carboxylic acids is 5. The Morgan fingerprint density at radius 3 is 0.600 bits per heavy atom. The zero-order chi connectivity index (χ0) is 43.9. The molecule has 0 bridgehead atoms. The Bertz CT molecular complexity index is 1210. The number of carbonyl (C=O) groups is 5. The van der Waals surface area contributed by atoms with Gasteiger partial charge in [-0.15, -0.1) is 23.2 Å². The molecule has 0 spiro atoms. The molecule has 3 N–H and O–H groups in total. The third-order valence-corrected chi connectivity index (χ3v) is 3.50. The number of rotatable bonds is 4. The van der Waals surface area contributed by atoms with E-state index in [4.69, 9.17) is 72.7 Å². The Kier molecular flexibility index (Phi) is 99.5. The first-order valence-corrected chi connectivity index (χ1v) is 15.8. The van der Waals surface area contributed by atoms with Gasteiger partial charge < -0.3 is 75.4 Å². The molecular weight excluding hydrogens is 1130 g/mol. The van der Waals surface area contributed by atoms with Crippen molar-refractivity contribution < 1.29 is 163 Å². The summed E-state index contributed by atoms with van der Waals surface area (Å²) in [6.07, 6.45) is 6.47. The average Bonchev–Trinajstić information content (AvgIpc) is 3.13. The molecule has 4 aromatic rings. The van der Waals surface area contributed by atoms with E-state index in [1.165, 1.54) is 0 Å². The molecule has 3 radical (unpaired) electrons. The molecule has 0 aromatic carbocycles. The second-order valence-electron chi connectivity index (χ2n) is 8.42. The zero-order valence-corrected chi connectivity index (χ0v) is 38.8. The smallest absolute Gasteiger partial charge is 0.850 e. The van der Waals surface area contributed by atoms with Crippen molar-refractivity contribution in [2.45, 2.75) is 61.0 Å². The number of hydrogen-bond acceptors (Lipinski definition) is 18. The number of hydrogen-bond donors (Lipinski definition) is 0. The molecule has 19 nitrogen and oxygen atoms in total. The van der Waals surface area contributed by atoms with E-state index in [9.17, 15) is 20.4 Å². The maximum absolute atomic E-state index is 10.1. The van der Waals surface area contributed by atoms with Crippen molar-refractivity contribution >= 4 is 53.0 Å². The molecule has 60 heavy (non-hydrogen) atoms. The van der Waals surface area contributed by atoms with Crippen molar-refractivity contribution in [3.63, 3.8) is 0 Å². The summed E-state index contributed by atoms with van der Waals surface area (Å²) in [7, 11) is 0. The second kappa shape index (κ2) is 70.6. The van der Waals surface area contributed by atoms with Crippen molar-refractivity contribution in [2.75, 3.05) is 5.34 Å². The molecule has 0 saturated carbocycles. The normalized spacial score (nSPS) is 7.25. The van der Waals surface area contributed by atoms with E-state index in [0.29, 0.717) is 22.8 Å². The molecule has 4 aromatic heterocycles. The number of halogens is 2. The molecule has 0 saturated heterocycles. The van der Waals surface area contributed by atoms with E-state index in [-0.39, 0.29) is 124 Å². The topological polar surface area (TPSA) is 377 Å². The standard InChI is InChI=1S/4C6H6NO.5C2H4O2.CH2Cl2.3Co.H2O.Tm/c4*8-5-6-3-1-2-4-7-6;5*1-2(3)4;2-1-3;;;;;/h4*1-4H,5H2;5*1H3,(H,3,4);1H2;;;;1H2;/q4*-1;;;;;;;2*+2;+3;;/p-4. The predicted molar refractivity (Wildman–Crippen MR) is 187 cm³/mol. The van der Waals surface area contributed by atoms with Gasteiger partial charge in [-0.3, -0.25) is 19.9 Å². The number of aromatic nitrogens is 4. The van der Waals surface area contributed by atoms with Crippen molar-refractivity contribution in [1.82, 2.24) is 19.9 Å². The first kappa shape index (κ1) is 84.5. The SMILES string of the molecule is CC(=O)[O-].CC(=O)[O-].CC(=O)[O-].CC(=O)[O-].CC(=O)[O-].ClCCl.[Co+2].[Co+2].[Co+3].[O-]Cc1ccccn1.[O-]Cc1ccccn1.[O-]Cc1ccccn1.[O-]Cc1ccccn1.[OH3+].[Tm]. The fraction of sp³-hybridized carbons (Fsp3) is 0.286. The number of pyridine rings is 4. The second-order valence-corrected chi connectivity index (χ2v) is 9.23. The van der Waals surface area contributed by atoms with Crippen molar-refractivity contribution in [2.24, 2.45) is 0 Å². The van der Waals surface area contributed by atoms with Crippen molar-refractivity contribution in [1.29, 1.82) is 0 Å². The summed E-state index contributed by atoms with van der Waals surface area (Å²) in [5, 5.41) is 84.9. The van der Waals surface area contributed by atoms with Crippen LogP contribution < -0.4 is 46.0 Å². The van der Waals surface area contributed by atoms with Gasteiger partial charge in [-0.1, -0.05) is 50.7 Å². The summed E-state index contributed by atoms with van der Waals surface area (Å²) in [5.74, 6) is -5.42. The van der Waals surface area contributed by atoms with Crippen LogP contribution in [0, 0.1) is 36.9 Å². The summed E-state index contributed by atoms with van der Waals surface area (Å²) in [5.41, 5.74) is 2.42. The molecule has 0 aliphatic heterocycles. The van der Waals surface area contributed by atoms with Gasteiger partial charge in [0.1, 0.15) is 0 Å². The van der Waals surface area contributed by atoms with Gasteiger partial charge in [-0.05, 0) is 83.1 Å². The van der Waals surface area contributed by atoms with E-state index in [2.05, 4.69) is 19.9 Å². The molecule has 0 amide bonds. The molecule has 0 aliphatic rings. The van der Waals surface area contributed by atoms with Gasteiger partial charge in [0.15, 0.2) is 0 Å². The van der Waals surface area contributed by atoms with Crippen LogP contribution in [0.1, 0.15) is 57.4 Å². The fourth-order valence-corrected chi connectivity index (χ4v) is 1.93. The van der Waals surface area contributed by atoms with Gasteiger partial charge in [0.2, 0.25) is 0 Å². The van der Waals surface area contributed by atoms with E-state index in [0.717, 1.165) is 34.6 Å². The van der Waals surface area contributed by atoms with Gasteiger partial charge in [0.25, 0.3) is 0 Å². The molecule has 4 heterocycles. The quantitative estimate of drug-likeness (QED) is 0.136. The van der Waals surface area contributed by atoms with Gasteiger partial charge in [0.05, 0.1) is 5.34 Å². The van der Waals surface area contributed by atoms with Crippen LogP contribution >= 0.6 is 23.2 Å². The zero-order valence-electron chi connectivity index (χ0n) is 32.4. The summed E-state index contributed by atoms with van der Waals surface area (Å²) >= 11 is 9.53. The van der Waals surface area contributed by atoms with Crippen molar-refractivity contribution in [3.05, 3.63) is 120 Å². The van der Waals surface area contributed by atoms with Crippen LogP contribution in [0.4, 0.5) is 0 Å². The molecule has 25 heteroatoms. The number of carboxylic acids is 5. The Morgan fingerprint density at radius 1 is 0.433 bits per heavy atom. The van der Waals surface area contributed by atoms with Crippen LogP contribution in [0.3, 0.4) is 0 Å². The first-order chi connectivity index (χ1) is 25.8.